The Morgan fingerprint density at radius 1 is 1.30 bits per heavy atom. The number of anilines is 1. The molecule has 3 rings (SSSR count). The van der Waals surface area contributed by atoms with Gasteiger partial charge in [0.05, 0.1) is 12.7 Å². The van der Waals surface area contributed by atoms with Crippen LogP contribution in [0.1, 0.15) is 32.0 Å². The second kappa shape index (κ2) is 5.72. The predicted octanol–water partition coefficient (Wildman–Crippen LogP) is 2.15. The fourth-order valence-electron chi connectivity index (χ4n) is 2.53. The lowest BCUT2D eigenvalue weighted by Gasteiger charge is -2.10. The number of carbonyl (C=O) groups is 3. The fourth-order valence-corrected chi connectivity index (χ4v) is 2.53. The number of fused-ring (bicyclic) bond motifs is 1. The molecule has 6 heteroatoms. The van der Waals surface area contributed by atoms with Gasteiger partial charge in [-0.3, -0.25) is 9.59 Å². The molecule has 1 aliphatic rings. The number of amides is 1. The Balaban J connectivity index is 1.68. The summed E-state index contributed by atoms with van der Waals surface area (Å²) >= 11 is 0. The van der Waals surface area contributed by atoms with E-state index in [0.29, 0.717) is 16.9 Å². The molecule has 23 heavy (non-hydrogen) atoms. The number of Topliss-reactive ketones (excluding diaryl/α,β-unsaturated/α-hetero) is 1. The highest BCUT2D eigenvalue weighted by molar-refractivity contribution is 6.04. The molecular weight excluding hydrogens is 298 g/mol. The highest BCUT2D eigenvalue weighted by Crippen LogP contribution is 2.28. The van der Waals surface area contributed by atoms with Crippen LogP contribution < -0.4 is 4.90 Å². The van der Waals surface area contributed by atoms with E-state index >= 15 is 0 Å². The van der Waals surface area contributed by atoms with Crippen LogP contribution in [-0.4, -0.2) is 31.3 Å². The first-order chi connectivity index (χ1) is 11.0. The summed E-state index contributed by atoms with van der Waals surface area (Å²) < 4.78 is 10.0. The van der Waals surface area contributed by atoms with E-state index in [2.05, 4.69) is 0 Å². The molecule has 0 saturated heterocycles. The summed E-state index contributed by atoms with van der Waals surface area (Å²) in [5, 5.41) is 0. The van der Waals surface area contributed by atoms with E-state index in [1.165, 1.54) is 12.3 Å². The van der Waals surface area contributed by atoms with Crippen LogP contribution >= 0.6 is 0 Å². The standard InChI is InChI=1S/C17H15NO5/c1-10-13(5-6-22-10)17(21)23-9-15(19)11-3-4-14-12(7-11)8-16(20)18(14)2/h3-7H,8-9H2,1-2H3. The zero-order valence-corrected chi connectivity index (χ0v) is 12.8. The van der Waals surface area contributed by atoms with Crippen LogP contribution in [0.3, 0.4) is 0 Å². The van der Waals surface area contributed by atoms with Crippen LogP contribution in [0.15, 0.2) is 34.9 Å². The average molecular weight is 313 g/mol. The van der Waals surface area contributed by atoms with E-state index in [4.69, 9.17) is 9.15 Å². The molecule has 0 atom stereocenters. The first-order valence-corrected chi connectivity index (χ1v) is 7.11. The van der Waals surface area contributed by atoms with E-state index < -0.39 is 5.97 Å². The fraction of sp³-hybridized carbons (Fsp3) is 0.235. The zero-order chi connectivity index (χ0) is 16.6. The molecule has 0 radical (unpaired) electrons. The van der Waals surface area contributed by atoms with Crippen molar-refractivity contribution in [1.82, 2.24) is 0 Å². The second-order valence-corrected chi connectivity index (χ2v) is 5.36. The van der Waals surface area contributed by atoms with Gasteiger partial charge in [-0.25, -0.2) is 4.79 Å². The number of furan rings is 1. The van der Waals surface area contributed by atoms with Crippen molar-refractivity contribution in [2.75, 3.05) is 18.6 Å². The number of ketones is 1. The monoisotopic (exact) mass is 313 g/mol. The molecule has 118 valence electrons. The van der Waals surface area contributed by atoms with Crippen molar-refractivity contribution < 1.29 is 23.5 Å². The number of likely N-dealkylation sites (N-methyl/N-ethyl adjacent to an activating group) is 1. The number of esters is 1. The third kappa shape index (κ3) is 2.75. The van der Waals surface area contributed by atoms with E-state index in [1.807, 2.05) is 0 Å². The van der Waals surface area contributed by atoms with Gasteiger partial charge in [-0.2, -0.15) is 0 Å². The lowest BCUT2D eigenvalue weighted by Crippen LogP contribution is -2.20. The van der Waals surface area contributed by atoms with E-state index in [9.17, 15) is 14.4 Å². The molecule has 1 aromatic heterocycles. The van der Waals surface area contributed by atoms with Gasteiger partial charge in [0.1, 0.15) is 11.3 Å². The lowest BCUT2D eigenvalue weighted by molar-refractivity contribution is -0.117. The third-order valence-electron chi connectivity index (χ3n) is 3.89. The normalized spacial score (nSPS) is 13.1. The number of hydrogen-bond donors (Lipinski definition) is 0. The van der Waals surface area contributed by atoms with Crippen molar-refractivity contribution in [3.63, 3.8) is 0 Å². The van der Waals surface area contributed by atoms with Gasteiger partial charge in [0.25, 0.3) is 0 Å². The van der Waals surface area contributed by atoms with Gasteiger partial charge in [0.15, 0.2) is 12.4 Å². The van der Waals surface area contributed by atoms with Crippen LogP contribution in [0.25, 0.3) is 0 Å². The maximum Gasteiger partial charge on any atom is 0.342 e. The summed E-state index contributed by atoms with van der Waals surface area (Å²) in [5.41, 5.74) is 2.33. The molecular formula is C17H15NO5. The minimum Gasteiger partial charge on any atom is -0.469 e. The molecule has 0 N–H and O–H groups in total. The SMILES string of the molecule is Cc1occc1C(=O)OCC(=O)c1ccc2c(c1)CC(=O)N2C. The summed E-state index contributed by atoms with van der Waals surface area (Å²) in [6, 6.07) is 6.54. The lowest BCUT2D eigenvalue weighted by atomic mass is 10.1. The van der Waals surface area contributed by atoms with Crippen LogP contribution in [0.4, 0.5) is 5.69 Å². The van der Waals surface area contributed by atoms with Crippen LogP contribution in [0.5, 0.6) is 0 Å². The molecule has 0 bridgehead atoms. The third-order valence-corrected chi connectivity index (χ3v) is 3.89. The first-order valence-electron chi connectivity index (χ1n) is 7.11. The highest BCUT2D eigenvalue weighted by atomic mass is 16.5. The van der Waals surface area contributed by atoms with Gasteiger partial charge >= 0.3 is 5.97 Å². The molecule has 2 heterocycles. The molecule has 6 nitrogen and oxygen atoms in total. The largest absolute Gasteiger partial charge is 0.469 e. The molecule has 0 spiro atoms. The molecule has 0 saturated carbocycles. The number of hydrogen-bond acceptors (Lipinski definition) is 5. The molecule has 1 amide bonds. The van der Waals surface area contributed by atoms with Crippen molar-refractivity contribution in [3.05, 3.63) is 53.0 Å². The summed E-state index contributed by atoms with van der Waals surface area (Å²) in [6.45, 7) is 1.29. The van der Waals surface area contributed by atoms with Gasteiger partial charge < -0.3 is 14.1 Å². The van der Waals surface area contributed by atoms with Crippen molar-refractivity contribution in [3.8, 4) is 0 Å². The van der Waals surface area contributed by atoms with Crippen molar-refractivity contribution >= 4 is 23.3 Å². The molecule has 2 aromatic rings. The first kappa shape index (κ1) is 15.0. The van der Waals surface area contributed by atoms with Gasteiger partial charge in [-0.1, -0.05) is 0 Å². The van der Waals surface area contributed by atoms with E-state index in [1.54, 1.807) is 37.1 Å². The van der Waals surface area contributed by atoms with Crippen molar-refractivity contribution in [2.45, 2.75) is 13.3 Å². The molecule has 0 aliphatic carbocycles. The number of rotatable bonds is 4. The van der Waals surface area contributed by atoms with Crippen molar-refractivity contribution in [1.29, 1.82) is 0 Å². The minimum absolute atomic E-state index is 0.00791. The Hall–Kier alpha value is -2.89. The molecule has 1 aliphatic heterocycles. The quantitative estimate of drug-likeness (QED) is 0.638. The molecule has 0 fully saturated rings. The topological polar surface area (TPSA) is 76.8 Å². The van der Waals surface area contributed by atoms with E-state index in [0.717, 1.165) is 11.3 Å². The Bertz CT molecular complexity index is 805. The number of ether oxygens (including phenoxy) is 1. The Morgan fingerprint density at radius 2 is 2.09 bits per heavy atom. The Morgan fingerprint density at radius 3 is 2.78 bits per heavy atom. The number of aryl methyl sites for hydroxylation is 1. The summed E-state index contributed by atoms with van der Waals surface area (Å²) in [4.78, 5) is 37.2. The maximum absolute atomic E-state index is 12.2. The van der Waals surface area contributed by atoms with Crippen LogP contribution in [-0.2, 0) is 16.0 Å². The molecule has 1 aromatic carbocycles. The summed E-state index contributed by atoms with van der Waals surface area (Å²) in [7, 11) is 1.70. The predicted molar refractivity (Wildman–Crippen MR) is 81.6 cm³/mol. The van der Waals surface area contributed by atoms with Gasteiger partial charge in [0, 0.05) is 18.3 Å². The number of benzene rings is 1. The maximum atomic E-state index is 12.2. The molecule has 0 unspecified atom stereocenters. The number of carbonyl (C=O) groups excluding carboxylic acids is 3. The van der Waals surface area contributed by atoms with E-state index in [-0.39, 0.29) is 24.7 Å². The van der Waals surface area contributed by atoms with Crippen molar-refractivity contribution in [2.24, 2.45) is 0 Å². The van der Waals surface area contributed by atoms with Crippen LogP contribution in [0.2, 0.25) is 0 Å². The van der Waals surface area contributed by atoms with Crippen LogP contribution in [0, 0.1) is 6.92 Å². The minimum atomic E-state index is -0.597. The summed E-state index contributed by atoms with van der Waals surface area (Å²) in [6.07, 6.45) is 1.67. The van der Waals surface area contributed by atoms with Gasteiger partial charge in [-0.05, 0) is 36.8 Å². The average Bonchev–Trinajstić information content (AvgIpc) is 3.08. The number of nitrogens with zero attached hydrogens (tertiary/aromatic N) is 1. The Kier molecular flexibility index (Phi) is 3.73. The van der Waals surface area contributed by atoms with Gasteiger partial charge in [0.2, 0.25) is 5.91 Å². The zero-order valence-electron chi connectivity index (χ0n) is 12.8. The smallest absolute Gasteiger partial charge is 0.342 e. The second-order valence-electron chi connectivity index (χ2n) is 5.36. The highest BCUT2D eigenvalue weighted by Gasteiger charge is 2.25. The van der Waals surface area contributed by atoms with Gasteiger partial charge in [-0.15, -0.1) is 0 Å². The Labute approximate surface area is 132 Å². The summed E-state index contributed by atoms with van der Waals surface area (Å²) in [5.74, 6) is -0.474.